The van der Waals surface area contributed by atoms with E-state index < -0.39 is 0 Å². The number of nitrogens with one attached hydrogen (secondary N) is 1. The Bertz CT molecular complexity index is 447. The minimum atomic E-state index is 0.738. The van der Waals surface area contributed by atoms with Gasteiger partial charge in [0.1, 0.15) is 0 Å². The number of pyridine rings is 1. The van der Waals surface area contributed by atoms with Crippen LogP contribution in [-0.4, -0.2) is 16.2 Å². The number of rotatable bonds is 5. The van der Waals surface area contributed by atoms with Crippen molar-refractivity contribution in [1.82, 2.24) is 14.9 Å². The third-order valence-corrected chi connectivity index (χ3v) is 3.01. The van der Waals surface area contributed by atoms with Gasteiger partial charge in [-0.2, -0.15) is 5.10 Å². The molecule has 0 saturated heterocycles. The number of hydrogen-bond acceptors (Lipinski definition) is 2. The van der Waals surface area contributed by atoms with Crippen molar-refractivity contribution in [3.63, 3.8) is 0 Å². The monoisotopic (exact) mass is 217 g/mol. The second-order valence-corrected chi connectivity index (χ2v) is 4.34. The highest BCUT2D eigenvalue weighted by molar-refractivity contribution is 5.53. The lowest BCUT2D eigenvalue weighted by atomic mass is 10.1. The summed E-state index contributed by atoms with van der Waals surface area (Å²) in [7, 11) is 0. The van der Waals surface area contributed by atoms with Crippen molar-refractivity contribution < 1.29 is 0 Å². The molecule has 1 unspecified atom stereocenters. The highest BCUT2D eigenvalue weighted by Gasteiger charge is 2.03. The van der Waals surface area contributed by atoms with Crippen LogP contribution in [0, 0.1) is 5.92 Å². The molecule has 1 atom stereocenters. The topological polar surface area (TPSA) is 29.3 Å². The predicted octanol–water partition coefficient (Wildman–Crippen LogP) is 2.47. The van der Waals surface area contributed by atoms with Crippen LogP contribution in [0.15, 0.2) is 30.6 Å². The highest BCUT2D eigenvalue weighted by Crippen LogP contribution is 2.09. The lowest BCUT2D eigenvalue weighted by Crippen LogP contribution is -2.20. The molecule has 0 aliphatic carbocycles. The number of aromatic nitrogens is 2. The molecule has 86 valence electrons. The van der Waals surface area contributed by atoms with E-state index in [0.29, 0.717) is 0 Å². The molecule has 2 rings (SSSR count). The molecule has 2 aromatic rings. The smallest absolute Gasteiger partial charge is 0.0706 e. The van der Waals surface area contributed by atoms with Crippen LogP contribution in [0.4, 0.5) is 0 Å². The summed E-state index contributed by atoms with van der Waals surface area (Å²) in [6.07, 6.45) is 5.15. The number of nitrogens with zero attached hydrogens (tertiary/aromatic N) is 2. The summed E-state index contributed by atoms with van der Waals surface area (Å²) >= 11 is 0. The molecular formula is C13H19N3. The van der Waals surface area contributed by atoms with Gasteiger partial charge in [0.15, 0.2) is 0 Å². The molecular weight excluding hydrogens is 198 g/mol. The van der Waals surface area contributed by atoms with E-state index in [1.165, 1.54) is 17.5 Å². The number of fused-ring (bicyclic) bond motifs is 1. The number of hydrogen-bond donors (Lipinski definition) is 1. The molecule has 0 radical (unpaired) electrons. The maximum atomic E-state index is 4.31. The van der Waals surface area contributed by atoms with Crippen molar-refractivity contribution in [2.24, 2.45) is 5.92 Å². The second-order valence-electron chi connectivity index (χ2n) is 4.34. The third-order valence-electron chi connectivity index (χ3n) is 3.01. The molecule has 2 heterocycles. The van der Waals surface area contributed by atoms with Crippen LogP contribution in [0.3, 0.4) is 0 Å². The van der Waals surface area contributed by atoms with Gasteiger partial charge in [0.05, 0.1) is 11.7 Å². The average Bonchev–Trinajstić information content (AvgIpc) is 2.73. The van der Waals surface area contributed by atoms with Gasteiger partial charge in [0.2, 0.25) is 0 Å². The van der Waals surface area contributed by atoms with Gasteiger partial charge in [0, 0.05) is 18.3 Å². The molecule has 0 aromatic carbocycles. The van der Waals surface area contributed by atoms with Gasteiger partial charge in [0.25, 0.3) is 0 Å². The Balaban J connectivity index is 1.99. The molecule has 2 aromatic heterocycles. The first-order valence-corrected chi connectivity index (χ1v) is 5.93. The lowest BCUT2D eigenvalue weighted by molar-refractivity contribution is 0.500. The summed E-state index contributed by atoms with van der Waals surface area (Å²) in [6, 6.07) is 6.15. The molecule has 0 aliphatic rings. The molecule has 0 fully saturated rings. The fourth-order valence-electron chi connectivity index (χ4n) is 1.72. The fraction of sp³-hybridized carbons (Fsp3) is 0.462. The molecule has 0 amide bonds. The zero-order chi connectivity index (χ0) is 11.4. The maximum absolute atomic E-state index is 4.31. The van der Waals surface area contributed by atoms with Crippen molar-refractivity contribution >= 4 is 5.52 Å². The Morgan fingerprint density at radius 3 is 3.12 bits per heavy atom. The van der Waals surface area contributed by atoms with Crippen LogP contribution in [0.25, 0.3) is 5.52 Å². The molecule has 3 nitrogen and oxygen atoms in total. The van der Waals surface area contributed by atoms with Crippen LogP contribution >= 0.6 is 0 Å². The van der Waals surface area contributed by atoms with Crippen LogP contribution < -0.4 is 5.32 Å². The predicted molar refractivity (Wildman–Crippen MR) is 66.4 cm³/mol. The summed E-state index contributed by atoms with van der Waals surface area (Å²) in [5, 5.41) is 7.79. The van der Waals surface area contributed by atoms with Crippen LogP contribution in [0.1, 0.15) is 25.8 Å². The highest BCUT2D eigenvalue weighted by atomic mass is 15.2. The van der Waals surface area contributed by atoms with Gasteiger partial charge in [-0.3, -0.25) is 0 Å². The first kappa shape index (κ1) is 11.1. The van der Waals surface area contributed by atoms with Crippen LogP contribution in [-0.2, 0) is 6.54 Å². The van der Waals surface area contributed by atoms with Crippen molar-refractivity contribution in [3.8, 4) is 0 Å². The lowest BCUT2D eigenvalue weighted by Gasteiger charge is -2.09. The minimum absolute atomic E-state index is 0.738. The molecule has 0 spiro atoms. The van der Waals surface area contributed by atoms with Gasteiger partial charge >= 0.3 is 0 Å². The standard InChI is InChI=1S/C13H19N3/c1-3-11(2)8-14-9-12-10-15-16-7-5-4-6-13(12)16/h4-7,10-11,14H,3,8-9H2,1-2H3. The van der Waals surface area contributed by atoms with Gasteiger partial charge in [-0.15, -0.1) is 0 Å². The van der Waals surface area contributed by atoms with Crippen molar-refractivity contribution in [2.75, 3.05) is 6.54 Å². The van der Waals surface area contributed by atoms with E-state index in [1.54, 1.807) is 0 Å². The Hall–Kier alpha value is -1.35. The van der Waals surface area contributed by atoms with Crippen LogP contribution in [0.2, 0.25) is 0 Å². The fourth-order valence-corrected chi connectivity index (χ4v) is 1.72. The quantitative estimate of drug-likeness (QED) is 0.833. The molecule has 0 aliphatic heterocycles. The van der Waals surface area contributed by atoms with E-state index in [9.17, 15) is 0 Å². The zero-order valence-electron chi connectivity index (χ0n) is 9.98. The largest absolute Gasteiger partial charge is 0.312 e. The Labute approximate surface area is 96.5 Å². The summed E-state index contributed by atoms with van der Waals surface area (Å²) in [4.78, 5) is 0. The van der Waals surface area contributed by atoms with Gasteiger partial charge in [-0.1, -0.05) is 26.3 Å². The molecule has 3 heteroatoms. The van der Waals surface area contributed by atoms with Crippen molar-refractivity contribution in [2.45, 2.75) is 26.8 Å². The molecule has 0 bridgehead atoms. The second kappa shape index (κ2) is 5.12. The average molecular weight is 217 g/mol. The minimum Gasteiger partial charge on any atom is -0.312 e. The zero-order valence-corrected chi connectivity index (χ0v) is 9.98. The van der Waals surface area contributed by atoms with E-state index in [4.69, 9.17) is 0 Å². The summed E-state index contributed by atoms with van der Waals surface area (Å²) in [6.45, 7) is 6.46. The first-order chi connectivity index (χ1) is 7.81. The van der Waals surface area contributed by atoms with E-state index in [2.05, 4.69) is 36.4 Å². The van der Waals surface area contributed by atoms with E-state index in [-0.39, 0.29) is 0 Å². The summed E-state index contributed by atoms with van der Waals surface area (Å²) < 4.78 is 1.92. The van der Waals surface area contributed by atoms with Gasteiger partial charge in [-0.05, 0) is 24.6 Å². The Morgan fingerprint density at radius 1 is 1.44 bits per heavy atom. The maximum Gasteiger partial charge on any atom is 0.0706 e. The molecule has 0 saturated carbocycles. The Kier molecular flexibility index (Phi) is 3.57. The first-order valence-electron chi connectivity index (χ1n) is 5.93. The van der Waals surface area contributed by atoms with E-state index in [0.717, 1.165) is 19.0 Å². The van der Waals surface area contributed by atoms with Crippen molar-refractivity contribution in [3.05, 3.63) is 36.2 Å². The Morgan fingerprint density at radius 2 is 2.31 bits per heavy atom. The van der Waals surface area contributed by atoms with Crippen molar-refractivity contribution in [1.29, 1.82) is 0 Å². The SMILES string of the molecule is CCC(C)CNCc1cnn2ccccc12. The van der Waals surface area contributed by atoms with E-state index >= 15 is 0 Å². The normalized spacial score (nSPS) is 13.1. The molecule has 1 N–H and O–H groups in total. The van der Waals surface area contributed by atoms with E-state index in [1.807, 2.05) is 23.0 Å². The third kappa shape index (κ3) is 2.42. The van der Waals surface area contributed by atoms with Crippen LogP contribution in [0.5, 0.6) is 0 Å². The molecule has 16 heavy (non-hydrogen) atoms. The summed E-state index contributed by atoms with van der Waals surface area (Å²) in [5.41, 5.74) is 2.46. The van der Waals surface area contributed by atoms with Gasteiger partial charge in [-0.25, -0.2) is 4.52 Å². The van der Waals surface area contributed by atoms with Gasteiger partial charge < -0.3 is 5.32 Å². The summed E-state index contributed by atoms with van der Waals surface area (Å²) in [5.74, 6) is 0.738.